The van der Waals surface area contributed by atoms with Gasteiger partial charge in [0, 0.05) is 18.0 Å². The topological polar surface area (TPSA) is 60.2 Å². The third kappa shape index (κ3) is 2.44. The average molecular weight is 233 g/mol. The lowest BCUT2D eigenvalue weighted by molar-refractivity contribution is 0.386. The van der Waals surface area contributed by atoms with Crippen LogP contribution < -0.4 is 15.8 Å². The molecule has 2 rings (SSSR count). The number of halogens is 1. The molecule has 0 aliphatic rings. The molecule has 0 aliphatic carbocycles. The van der Waals surface area contributed by atoms with Gasteiger partial charge in [0.25, 0.3) is 0 Å². The molecule has 17 heavy (non-hydrogen) atoms. The number of nitrogen functional groups attached to an aromatic ring is 1. The number of methoxy groups -OCH3 is 1. The molecule has 1 aromatic heterocycles. The van der Waals surface area contributed by atoms with Crippen LogP contribution >= 0.6 is 0 Å². The molecule has 4 nitrogen and oxygen atoms in total. The molecule has 88 valence electrons. The average Bonchev–Trinajstić information content (AvgIpc) is 2.32. The van der Waals surface area contributed by atoms with Crippen molar-refractivity contribution in [3.05, 3.63) is 42.3 Å². The van der Waals surface area contributed by atoms with Gasteiger partial charge in [-0.05, 0) is 24.3 Å². The highest BCUT2D eigenvalue weighted by Gasteiger charge is 2.05. The van der Waals surface area contributed by atoms with E-state index in [-0.39, 0.29) is 5.75 Å². The highest BCUT2D eigenvalue weighted by molar-refractivity contribution is 5.68. The predicted octanol–water partition coefficient (Wildman–Crippen LogP) is 2.56. The number of nitrogens with two attached hydrogens (primary N) is 1. The molecule has 1 heterocycles. The number of rotatable bonds is 3. The molecule has 0 atom stereocenters. The van der Waals surface area contributed by atoms with E-state index in [0.717, 1.165) is 0 Å². The van der Waals surface area contributed by atoms with E-state index in [4.69, 9.17) is 10.5 Å². The predicted molar refractivity (Wildman–Crippen MR) is 64.9 cm³/mol. The smallest absolute Gasteiger partial charge is 0.167 e. The van der Waals surface area contributed by atoms with E-state index in [0.29, 0.717) is 17.2 Å². The maximum absolute atomic E-state index is 13.4. The van der Waals surface area contributed by atoms with Gasteiger partial charge in [-0.3, -0.25) is 0 Å². The molecule has 3 N–H and O–H groups in total. The molecule has 0 bridgehead atoms. The van der Waals surface area contributed by atoms with Crippen molar-refractivity contribution >= 4 is 17.2 Å². The second-order valence-corrected chi connectivity index (χ2v) is 3.42. The Hall–Kier alpha value is -2.30. The van der Waals surface area contributed by atoms with Crippen LogP contribution in [-0.4, -0.2) is 12.1 Å². The lowest BCUT2D eigenvalue weighted by Gasteiger charge is -2.09. The molecule has 0 saturated carbocycles. The second-order valence-electron chi connectivity index (χ2n) is 3.42. The minimum Gasteiger partial charge on any atom is -0.494 e. The van der Waals surface area contributed by atoms with Crippen LogP contribution in [0.4, 0.5) is 21.6 Å². The van der Waals surface area contributed by atoms with Gasteiger partial charge < -0.3 is 15.8 Å². The van der Waals surface area contributed by atoms with Gasteiger partial charge in [0.05, 0.1) is 12.8 Å². The number of anilines is 3. The molecular formula is C12H12FN3O. The van der Waals surface area contributed by atoms with Crippen molar-refractivity contribution < 1.29 is 9.13 Å². The normalized spacial score (nSPS) is 10.0. The molecule has 0 amide bonds. The van der Waals surface area contributed by atoms with Gasteiger partial charge in [-0.15, -0.1) is 0 Å². The van der Waals surface area contributed by atoms with Crippen molar-refractivity contribution in [1.82, 2.24) is 4.98 Å². The monoisotopic (exact) mass is 233 g/mol. The van der Waals surface area contributed by atoms with Crippen LogP contribution in [0, 0.1) is 5.82 Å². The van der Waals surface area contributed by atoms with Gasteiger partial charge in [0.2, 0.25) is 0 Å². The number of nitrogens with one attached hydrogen (secondary N) is 1. The van der Waals surface area contributed by atoms with E-state index in [9.17, 15) is 4.39 Å². The van der Waals surface area contributed by atoms with Crippen LogP contribution in [0.1, 0.15) is 0 Å². The summed E-state index contributed by atoms with van der Waals surface area (Å²) in [4.78, 5) is 4.06. The van der Waals surface area contributed by atoms with Gasteiger partial charge in [-0.1, -0.05) is 0 Å². The third-order valence-corrected chi connectivity index (χ3v) is 2.25. The van der Waals surface area contributed by atoms with Crippen LogP contribution in [0.2, 0.25) is 0 Å². The number of aromatic nitrogens is 1. The molecule has 1 aromatic carbocycles. The number of hydrogen-bond donors (Lipinski definition) is 2. The van der Waals surface area contributed by atoms with Crippen molar-refractivity contribution in [1.29, 1.82) is 0 Å². The van der Waals surface area contributed by atoms with Crippen molar-refractivity contribution in [2.45, 2.75) is 0 Å². The lowest BCUT2D eigenvalue weighted by Crippen LogP contribution is -1.99. The first kappa shape index (κ1) is 11.2. The minimum absolute atomic E-state index is 0.199. The summed E-state index contributed by atoms with van der Waals surface area (Å²) in [6, 6.07) is 8.00. The first-order valence-corrected chi connectivity index (χ1v) is 5.02. The molecule has 5 heteroatoms. The largest absolute Gasteiger partial charge is 0.494 e. The highest BCUT2D eigenvalue weighted by atomic mass is 19.1. The Morgan fingerprint density at radius 2 is 2.18 bits per heavy atom. The summed E-state index contributed by atoms with van der Waals surface area (Å²) < 4.78 is 18.3. The Morgan fingerprint density at radius 3 is 2.82 bits per heavy atom. The Bertz CT molecular complexity index is 531. The zero-order valence-electron chi connectivity index (χ0n) is 9.27. The fraction of sp³-hybridized carbons (Fsp3) is 0.0833. The molecular weight excluding hydrogens is 221 g/mol. The van der Waals surface area contributed by atoms with Gasteiger partial charge in [-0.2, -0.15) is 0 Å². The van der Waals surface area contributed by atoms with Crippen LogP contribution in [0.5, 0.6) is 5.75 Å². The summed E-state index contributed by atoms with van der Waals surface area (Å²) in [7, 11) is 1.42. The number of nitrogens with zero attached hydrogens (tertiary/aromatic N) is 1. The maximum atomic E-state index is 13.4. The Kier molecular flexibility index (Phi) is 3.09. The minimum atomic E-state index is -0.438. The quantitative estimate of drug-likeness (QED) is 0.855. The number of pyridine rings is 1. The summed E-state index contributed by atoms with van der Waals surface area (Å²) in [5, 5.41) is 2.93. The van der Waals surface area contributed by atoms with E-state index in [1.54, 1.807) is 24.4 Å². The molecule has 0 fully saturated rings. The maximum Gasteiger partial charge on any atom is 0.167 e. The molecule has 2 aromatic rings. The fourth-order valence-electron chi connectivity index (χ4n) is 1.40. The van der Waals surface area contributed by atoms with Crippen LogP contribution in [0.25, 0.3) is 0 Å². The number of hydrogen-bond acceptors (Lipinski definition) is 4. The van der Waals surface area contributed by atoms with Gasteiger partial charge >= 0.3 is 0 Å². The van der Waals surface area contributed by atoms with Gasteiger partial charge in [0.1, 0.15) is 0 Å². The van der Waals surface area contributed by atoms with Crippen LogP contribution in [-0.2, 0) is 0 Å². The van der Waals surface area contributed by atoms with E-state index >= 15 is 0 Å². The van der Waals surface area contributed by atoms with Crippen molar-refractivity contribution in [2.24, 2.45) is 0 Å². The third-order valence-electron chi connectivity index (χ3n) is 2.25. The van der Waals surface area contributed by atoms with Gasteiger partial charge in [0.15, 0.2) is 17.4 Å². The SMILES string of the molecule is COc1ccc(Nc2ncccc2N)cc1F. The molecule has 0 aliphatic heterocycles. The summed E-state index contributed by atoms with van der Waals surface area (Å²) in [5.41, 5.74) is 6.79. The molecule has 0 radical (unpaired) electrons. The summed E-state index contributed by atoms with van der Waals surface area (Å²) in [6.45, 7) is 0. The Balaban J connectivity index is 2.25. The molecule has 0 spiro atoms. The van der Waals surface area contributed by atoms with Crippen molar-refractivity contribution in [3.8, 4) is 5.75 Å². The lowest BCUT2D eigenvalue weighted by atomic mass is 10.3. The summed E-state index contributed by atoms with van der Waals surface area (Å²) in [5.74, 6) is 0.258. The number of benzene rings is 1. The molecule has 0 saturated heterocycles. The summed E-state index contributed by atoms with van der Waals surface area (Å²) >= 11 is 0. The number of ether oxygens (including phenoxy) is 1. The van der Waals surface area contributed by atoms with Gasteiger partial charge in [-0.25, -0.2) is 9.37 Å². The Labute approximate surface area is 98.2 Å². The summed E-state index contributed by atoms with van der Waals surface area (Å²) in [6.07, 6.45) is 1.61. The molecule has 0 unspecified atom stereocenters. The van der Waals surface area contributed by atoms with Crippen molar-refractivity contribution in [2.75, 3.05) is 18.2 Å². The first-order valence-electron chi connectivity index (χ1n) is 5.02. The highest BCUT2D eigenvalue weighted by Crippen LogP contribution is 2.24. The first-order chi connectivity index (χ1) is 8.20. The van der Waals surface area contributed by atoms with E-state index in [1.807, 2.05) is 0 Å². The van der Waals surface area contributed by atoms with E-state index in [1.165, 1.54) is 19.2 Å². The fourth-order valence-corrected chi connectivity index (χ4v) is 1.40. The van der Waals surface area contributed by atoms with E-state index in [2.05, 4.69) is 10.3 Å². The zero-order chi connectivity index (χ0) is 12.3. The standard InChI is InChI=1S/C12H12FN3O/c1-17-11-5-4-8(7-9(11)13)16-12-10(14)3-2-6-15-12/h2-7H,14H2,1H3,(H,15,16). The second kappa shape index (κ2) is 4.69. The van der Waals surface area contributed by atoms with E-state index < -0.39 is 5.82 Å². The Morgan fingerprint density at radius 1 is 1.35 bits per heavy atom. The van der Waals surface area contributed by atoms with Crippen LogP contribution in [0.15, 0.2) is 36.5 Å². The zero-order valence-corrected chi connectivity index (χ0v) is 9.27. The van der Waals surface area contributed by atoms with Crippen LogP contribution in [0.3, 0.4) is 0 Å². The van der Waals surface area contributed by atoms with Crippen molar-refractivity contribution in [3.63, 3.8) is 0 Å².